The number of hydrogen-bond acceptors (Lipinski definition) is 0. The molecule has 2 heteroatoms. The van der Waals surface area contributed by atoms with E-state index in [4.69, 9.17) is 0 Å². The lowest BCUT2D eigenvalue weighted by molar-refractivity contribution is 0.489. The van der Waals surface area contributed by atoms with Crippen LogP contribution in [0.4, 0.5) is 8.78 Å². The van der Waals surface area contributed by atoms with Crippen LogP contribution in [-0.2, 0) is 25.7 Å². The number of fused-ring (bicyclic) bond motifs is 1. The molecule has 2 aromatic rings. The second-order valence-corrected chi connectivity index (χ2v) is 8.08. The first-order chi connectivity index (χ1) is 13.6. The van der Waals surface area contributed by atoms with Crippen molar-refractivity contribution in [2.24, 2.45) is 0 Å². The molecule has 0 aromatic heterocycles. The van der Waals surface area contributed by atoms with Crippen LogP contribution in [0, 0.1) is 11.6 Å². The quantitative estimate of drug-likeness (QED) is 0.328. The lowest BCUT2D eigenvalue weighted by Gasteiger charge is -2.26. The summed E-state index contributed by atoms with van der Waals surface area (Å²) in [6.07, 6.45) is 12.8. The van der Waals surface area contributed by atoms with Crippen LogP contribution >= 0.6 is 0 Å². The molecule has 0 spiro atoms. The summed E-state index contributed by atoms with van der Waals surface area (Å²) in [4.78, 5) is 0. The largest absolute Gasteiger partial charge is 0.207 e. The lowest BCUT2D eigenvalue weighted by Crippen LogP contribution is -2.16. The van der Waals surface area contributed by atoms with Crippen molar-refractivity contribution in [1.29, 1.82) is 0 Å². The van der Waals surface area contributed by atoms with E-state index in [1.807, 2.05) is 19.1 Å². The predicted octanol–water partition coefficient (Wildman–Crippen LogP) is 7.48. The molecule has 1 unspecified atom stereocenters. The van der Waals surface area contributed by atoms with Crippen LogP contribution in [-0.4, -0.2) is 0 Å². The summed E-state index contributed by atoms with van der Waals surface area (Å²) in [5, 5.41) is 0. The van der Waals surface area contributed by atoms with Gasteiger partial charge in [-0.25, -0.2) is 8.78 Å². The number of halogens is 2. The third kappa shape index (κ3) is 5.10. The smallest absolute Gasteiger partial charge is 0.129 e. The first-order valence-electron chi connectivity index (χ1n) is 10.8. The van der Waals surface area contributed by atoms with Gasteiger partial charge in [-0.05, 0) is 92.2 Å². The summed E-state index contributed by atoms with van der Waals surface area (Å²) in [5.74, 6) is -0.816. The molecule has 0 radical (unpaired) electrons. The van der Waals surface area contributed by atoms with Crippen molar-refractivity contribution in [1.82, 2.24) is 0 Å². The van der Waals surface area contributed by atoms with Crippen LogP contribution in [0.1, 0.15) is 79.7 Å². The molecule has 0 saturated carbocycles. The van der Waals surface area contributed by atoms with E-state index < -0.39 is 0 Å². The molecule has 3 rings (SSSR count). The van der Waals surface area contributed by atoms with Gasteiger partial charge in [0.1, 0.15) is 11.6 Å². The third-order valence-corrected chi connectivity index (χ3v) is 5.95. The Bertz CT molecular complexity index is 796. The maximum Gasteiger partial charge on any atom is 0.129 e. The molecule has 1 aliphatic carbocycles. The lowest BCUT2D eigenvalue weighted by atomic mass is 9.79. The van der Waals surface area contributed by atoms with E-state index in [-0.39, 0.29) is 23.1 Å². The first kappa shape index (κ1) is 20.8. The zero-order chi connectivity index (χ0) is 19.9. The second kappa shape index (κ2) is 10.0. The highest BCUT2D eigenvalue weighted by molar-refractivity contribution is 5.38. The van der Waals surface area contributed by atoms with Crippen molar-refractivity contribution in [3.05, 3.63) is 81.9 Å². The fourth-order valence-corrected chi connectivity index (χ4v) is 4.38. The molecule has 150 valence electrons. The number of unbranched alkanes of at least 4 members (excludes halogenated alkanes) is 2. The minimum Gasteiger partial charge on any atom is -0.207 e. The van der Waals surface area contributed by atoms with Gasteiger partial charge in [0.2, 0.25) is 0 Å². The molecule has 2 aromatic carbocycles. The number of aryl methyl sites for hydroxylation is 3. The molecular weight excluding hydrogens is 350 g/mol. The highest BCUT2D eigenvalue weighted by Crippen LogP contribution is 2.36. The van der Waals surface area contributed by atoms with Crippen molar-refractivity contribution >= 4 is 0 Å². The second-order valence-electron chi connectivity index (χ2n) is 8.08. The maximum atomic E-state index is 14.8. The molecule has 0 fully saturated rings. The molecular formula is C26H32F2. The van der Waals surface area contributed by atoms with Crippen molar-refractivity contribution < 1.29 is 8.78 Å². The van der Waals surface area contributed by atoms with Crippen LogP contribution < -0.4 is 0 Å². The van der Waals surface area contributed by atoms with Crippen LogP contribution in [0.3, 0.4) is 0 Å². The summed E-state index contributed by atoms with van der Waals surface area (Å²) in [6, 6.07) is 9.78. The average molecular weight is 383 g/mol. The Morgan fingerprint density at radius 2 is 1.75 bits per heavy atom. The molecule has 0 N–H and O–H groups in total. The van der Waals surface area contributed by atoms with Gasteiger partial charge in [0, 0.05) is 5.56 Å². The Balaban J connectivity index is 1.73. The molecule has 0 aliphatic heterocycles. The van der Waals surface area contributed by atoms with Crippen molar-refractivity contribution in [3.63, 3.8) is 0 Å². The van der Waals surface area contributed by atoms with E-state index in [2.05, 4.69) is 25.1 Å². The fourth-order valence-electron chi connectivity index (χ4n) is 4.38. The topological polar surface area (TPSA) is 0 Å². The number of benzene rings is 2. The highest BCUT2D eigenvalue weighted by atomic mass is 19.1. The predicted molar refractivity (Wildman–Crippen MR) is 114 cm³/mol. The molecule has 1 atom stereocenters. The van der Waals surface area contributed by atoms with E-state index in [0.717, 1.165) is 37.7 Å². The van der Waals surface area contributed by atoms with E-state index >= 15 is 0 Å². The number of allylic oxidation sites excluding steroid dienone is 2. The van der Waals surface area contributed by atoms with Gasteiger partial charge in [0.25, 0.3) is 0 Å². The Morgan fingerprint density at radius 3 is 2.46 bits per heavy atom. The number of hydrogen-bond donors (Lipinski definition) is 0. The van der Waals surface area contributed by atoms with Gasteiger partial charge in [-0.2, -0.15) is 0 Å². The SMILES string of the molecule is C/C=C/CCc1cc(F)c(C2CCc3cc(CCCCC)ccc3C2)c(F)c1. The van der Waals surface area contributed by atoms with Crippen LogP contribution in [0.25, 0.3) is 0 Å². The maximum absolute atomic E-state index is 14.8. The first-order valence-corrected chi connectivity index (χ1v) is 10.8. The Morgan fingerprint density at radius 1 is 0.964 bits per heavy atom. The van der Waals surface area contributed by atoms with E-state index in [1.165, 1.54) is 48.1 Å². The van der Waals surface area contributed by atoms with Gasteiger partial charge >= 0.3 is 0 Å². The third-order valence-electron chi connectivity index (χ3n) is 5.95. The molecule has 28 heavy (non-hydrogen) atoms. The average Bonchev–Trinajstić information content (AvgIpc) is 2.68. The monoisotopic (exact) mass is 382 g/mol. The zero-order valence-electron chi connectivity index (χ0n) is 17.2. The minimum atomic E-state index is -0.375. The summed E-state index contributed by atoms with van der Waals surface area (Å²) in [7, 11) is 0. The molecule has 0 saturated heterocycles. The molecule has 1 aliphatic rings. The Labute approximate surface area is 168 Å². The number of rotatable bonds is 8. The van der Waals surface area contributed by atoms with E-state index in [1.54, 1.807) is 0 Å². The molecule has 0 amide bonds. The van der Waals surface area contributed by atoms with Crippen LogP contribution in [0.2, 0.25) is 0 Å². The summed E-state index contributed by atoms with van der Waals surface area (Å²) >= 11 is 0. The van der Waals surface area contributed by atoms with Crippen molar-refractivity contribution in [2.45, 2.75) is 77.6 Å². The molecule has 0 heterocycles. The van der Waals surface area contributed by atoms with Gasteiger partial charge in [0.05, 0.1) is 0 Å². The van der Waals surface area contributed by atoms with Crippen molar-refractivity contribution in [2.75, 3.05) is 0 Å². The van der Waals surface area contributed by atoms with Gasteiger partial charge in [0.15, 0.2) is 0 Å². The zero-order valence-corrected chi connectivity index (χ0v) is 17.2. The van der Waals surface area contributed by atoms with Crippen LogP contribution in [0.5, 0.6) is 0 Å². The molecule has 0 bridgehead atoms. The van der Waals surface area contributed by atoms with Crippen LogP contribution in [0.15, 0.2) is 42.5 Å². The van der Waals surface area contributed by atoms with E-state index in [9.17, 15) is 8.78 Å². The standard InChI is InChI=1S/C26H32F2/c1-3-5-7-9-19-11-12-22-18-23(14-13-21(22)15-19)26-24(27)16-20(17-25(26)28)10-8-6-4-2/h4,6,11-12,15-17,23H,3,5,7-10,13-14,18H2,1-2H3/b6-4+. The molecule has 0 nitrogen and oxygen atoms in total. The summed E-state index contributed by atoms with van der Waals surface area (Å²) in [6.45, 7) is 4.18. The summed E-state index contributed by atoms with van der Waals surface area (Å²) in [5.41, 5.74) is 5.05. The van der Waals surface area contributed by atoms with E-state index in [0.29, 0.717) is 6.42 Å². The fraction of sp³-hybridized carbons (Fsp3) is 0.462. The summed E-state index contributed by atoms with van der Waals surface area (Å²) < 4.78 is 29.5. The van der Waals surface area contributed by atoms with Gasteiger partial charge in [-0.15, -0.1) is 0 Å². The van der Waals surface area contributed by atoms with Gasteiger partial charge < -0.3 is 0 Å². The highest BCUT2D eigenvalue weighted by Gasteiger charge is 2.26. The Hall–Kier alpha value is -1.96. The minimum absolute atomic E-state index is 0.0666. The van der Waals surface area contributed by atoms with Gasteiger partial charge in [-0.3, -0.25) is 0 Å². The van der Waals surface area contributed by atoms with Crippen molar-refractivity contribution in [3.8, 4) is 0 Å². The normalized spacial score (nSPS) is 16.5. The Kier molecular flexibility index (Phi) is 7.42. The van der Waals surface area contributed by atoms with Gasteiger partial charge in [-0.1, -0.05) is 50.1 Å².